The van der Waals surface area contributed by atoms with Crippen molar-refractivity contribution >= 4 is 11.8 Å². The van der Waals surface area contributed by atoms with Crippen LogP contribution in [-0.2, 0) is 9.49 Å². The molecule has 3 rings (SSSR count). The Morgan fingerprint density at radius 3 is 2.08 bits per heavy atom. The second kappa shape index (κ2) is 7.55. The lowest BCUT2D eigenvalue weighted by atomic mass is 9.82. The third-order valence-corrected chi connectivity index (χ3v) is 7.32. The molecule has 0 fully saturated rings. The molecule has 1 atom stereocenters. The highest BCUT2D eigenvalue weighted by Crippen LogP contribution is 2.62. The molecule has 0 saturated carbocycles. The Kier molecular flexibility index (Phi) is 5.60. The summed E-state index contributed by atoms with van der Waals surface area (Å²) in [4.78, 5) is 2.54. The molecule has 2 aromatic rings. The van der Waals surface area contributed by atoms with Gasteiger partial charge >= 0.3 is 0 Å². The van der Waals surface area contributed by atoms with Gasteiger partial charge in [0, 0.05) is 4.75 Å². The Labute approximate surface area is 157 Å². The van der Waals surface area contributed by atoms with Gasteiger partial charge in [-0.1, -0.05) is 68.4 Å². The molecule has 134 valence electrons. The van der Waals surface area contributed by atoms with Gasteiger partial charge in [-0.3, -0.25) is 0 Å². The number of thioether (sulfide) groups is 1. The zero-order valence-electron chi connectivity index (χ0n) is 16.1. The number of fused-ring (bicyclic) bond motifs is 1. The van der Waals surface area contributed by atoms with Crippen LogP contribution in [0.1, 0.15) is 57.2 Å². The fraction of sp³-hybridized carbons (Fsp3) is 0.478. The maximum atomic E-state index is 2.54. The van der Waals surface area contributed by atoms with Crippen molar-refractivity contribution in [2.75, 3.05) is 19.6 Å². The first kappa shape index (κ1) is 18.5. The van der Waals surface area contributed by atoms with E-state index in [0.29, 0.717) is 0 Å². The van der Waals surface area contributed by atoms with Crippen molar-refractivity contribution in [3.05, 3.63) is 71.3 Å². The van der Waals surface area contributed by atoms with Gasteiger partial charge in [0.25, 0.3) is 0 Å². The quantitative estimate of drug-likeness (QED) is 0.597. The van der Waals surface area contributed by atoms with Crippen LogP contribution < -0.4 is 0 Å². The number of rotatable bonds is 7. The maximum Gasteiger partial charge on any atom is 0.0669 e. The minimum absolute atomic E-state index is 0.0779. The lowest BCUT2D eigenvalue weighted by Crippen LogP contribution is -2.27. The predicted octanol–water partition coefficient (Wildman–Crippen LogP) is 6.03. The molecular formula is C23H31NS. The molecule has 0 amide bonds. The van der Waals surface area contributed by atoms with Crippen LogP contribution in [0.2, 0.25) is 0 Å². The van der Waals surface area contributed by atoms with Gasteiger partial charge in [-0.2, -0.15) is 0 Å². The molecule has 25 heavy (non-hydrogen) atoms. The fourth-order valence-electron chi connectivity index (χ4n) is 4.25. The number of hydrogen-bond donors (Lipinski definition) is 0. The zero-order chi connectivity index (χ0) is 17.9. The Morgan fingerprint density at radius 2 is 1.44 bits per heavy atom. The monoisotopic (exact) mass is 353 g/mol. The van der Waals surface area contributed by atoms with Gasteiger partial charge in [-0.05, 0) is 63.0 Å². The first-order chi connectivity index (χ1) is 12.0. The van der Waals surface area contributed by atoms with Gasteiger partial charge in [0.2, 0.25) is 0 Å². The Balaban J connectivity index is 1.98. The summed E-state index contributed by atoms with van der Waals surface area (Å²) >= 11 is 2.15. The van der Waals surface area contributed by atoms with Crippen molar-refractivity contribution < 1.29 is 0 Å². The molecule has 2 heteroatoms. The molecular weight excluding hydrogens is 322 g/mol. The van der Waals surface area contributed by atoms with E-state index in [9.17, 15) is 0 Å². The van der Waals surface area contributed by atoms with E-state index in [0.717, 1.165) is 13.1 Å². The average molecular weight is 354 g/mol. The lowest BCUT2D eigenvalue weighted by Gasteiger charge is -2.33. The Morgan fingerprint density at radius 1 is 0.840 bits per heavy atom. The summed E-state index contributed by atoms with van der Waals surface area (Å²) in [5, 5.41) is 0. The SMILES string of the molecule is CCN(CC)CCCC1(c2ccccc2)SC(C)(C)c2ccccc21. The predicted molar refractivity (Wildman–Crippen MR) is 111 cm³/mol. The summed E-state index contributed by atoms with van der Waals surface area (Å²) in [6.45, 7) is 12.8. The van der Waals surface area contributed by atoms with Crippen molar-refractivity contribution in [3.63, 3.8) is 0 Å². The van der Waals surface area contributed by atoms with E-state index < -0.39 is 0 Å². The minimum atomic E-state index is 0.0779. The van der Waals surface area contributed by atoms with Gasteiger partial charge in [0.05, 0.1) is 4.75 Å². The van der Waals surface area contributed by atoms with E-state index in [-0.39, 0.29) is 9.49 Å². The van der Waals surface area contributed by atoms with E-state index in [1.54, 1.807) is 0 Å². The topological polar surface area (TPSA) is 3.24 Å². The highest BCUT2D eigenvalue weighted by Gasteiger charge is 2.48. The molecule has 0 bridgehead atoms. The lowest BCUT2D eigenvalue weighted by molar-refractivity contribution is 0.293. The molecule has 0 radical (unpaired) electrons. The van der Waals surface area contributed by atoms with E-state index in [4.69, 9.17) is 0 Å². The summed E-state index contributed by atoms with van der Waals surface area (Å²) in [7, 11) is 0. The van der Waals surface area contributed by atoms with E-state index >= 15 is 0 Å². The Hall–Kier alpha value is -1.25. The van der Waals surface area contributed by atoms with Gasteiger partial charge in [0.15, 0.2) is 0 Å². The first-order valence-electron chi connectivity index (χ1n) is 9.61. The average Bonchev–Trinajstić information content (AvgIpc) is 2.88. The van der Waals surface area contributed by atoms with Crippen LogP contribution in [0, 0.1) is 0 Å². The normalized spacial score (nSPS) is 21.5. The van der Waals surface area contributed by atoms with Crippen LogP contribution in [0.15, 0.2) is 54.6 Å². The highest BCUT2D eigenvalue weighted by molar-refractivity contribution is 8.01. The number of benzene rings is 2. The largest absolute Gasteiger partial charge is 0.304 e. The van der Waals surface area contributed by atoms with Crippen LogP contribution in [0.4, 0.5) is 0 Å². The molecule has 0 aliphatic carbocycles. The Bertz CT molecular complexity index is 690. The van der Waals surface area contributed by atoms with Gasteiger partial charge in [-0.25, -0.2) is 0 Å². The zero-order valence-corrected chi connectivity index (χ0v) is 16.9. The summed E-state index contributed by atoms with van der Waals surface area (Å²) in [5.74, 6) is 0. The smallest absolute Gasteiger partial charge is 0.0669 e. The molecule has 0 aromatic heterocycles. The molecule has 1 aliphatic heterocycles. The van der Waals surface area contributed by atoms with Crippen molar-refractivity contribution in [2.45, 2.75) is 50.0 Å². The van der Waals surface area contributed by atoms with Crippen molar-refractivity contribution in [3.8, 4) is 0 Å². The fourth-order valence-corrected chi connectivity index (χ4v) is 6.20. The van der Waals surface area contributed by atoms with E-state index in [2.05, 4.69) is 99.0 Å². The van der Waals surface area contributed by atoms with Gasteiger partial charge < -0.3 is 4.90 Å². The van der Waals surface area contributed by atoms with Crippen molar-refractivity contribution in [2.24, 2.45) is 0 Å². The molecule has 1 nitrogen and oxygen atoms in total. The third-order valence-electron chi connectivity index (χ3n) is 5.58. The number of nitrogens with zero attached hydrogens (tertiary/aromatic N) is 1. The molecule has 1 heterocycles. The van der Waals surface area contributed by atoms with Crippen LogP contribution in [-0.4, -0.2) is 24.5 Å². The van der Waals surface area contributed by atoms with E-state index in [1.807, 2.05) is 0 Å². The first-order valence-corrected chi connectivity index (χ1v) is 10.4. The van der Waals surface area contributed by atoms with E-state index in [1.165, 1.54) is 36.1 Å². The van der Waals surface area contributed by atoms with Crippen LogP contribution in [0.5, 0.6) is 0 Å². The molecule has 1 unspecified atom stereocenters. The molecule has 0 spiro atoms. The summed E-state index contributed by atoms with van der Waals surface area (Å²) < 4.78 is 0.232. The minimum Gasteiger partial charge on any atom is -0.304 e. The molecule has 2 aromatic carbocycles. The van der Waals surface area contributed by atoms with Crippen molar-refractivity contribution in [1.29, 1.82) is 0 Å². The second-order valence-corrected chi connectivity index (χ2v) is 9.40. The highest BCUT2D eigenvalue weighted by atomic mass is 32.2. The summed E-state index contributed by atoms with van der Waals surface area (Å²) in [6.07, 6.45) is 2.42. The number of hydrogen-bond acceptors (Lipinski definition) is 2. The second-order valence-electron chi connectivity index (χ2n) is 7.48. The summed E-state index contributed by atoms with van der Waals surface area (Å²) in [5.41, 5.74) is 4.49. The van der Waals surface area contributed by atoms with Crippen molar-refractivity contribution in [1.82, 2.24) is 4.90 Å². The standard InChI is InChI=1S/C23H31NS/c1-5-24(6-2)18-12-17-23(19-13-8-7-9-14-19)21-16-11-10-15-20(21)22(3,4)25-23/h7-11,13-16H,5-6,12,17-18H2,1-4H3. The molecule has 0 saturated heterocycles. The summed E-state index contributed by atoms with van der Waals surface area (Å²) in [6, 6.07) is 20.3. The van der Waals surface area contributed by atoms with Gasteiger partial charge in [-0.15, -0.1) is 11.8 Å². The van der Waals surface area contributed by atoms with Gasteiger partial charge in [0.1, 0.15) is 0 Å². The van der Waals surface area contributed by atoms with Crippen LogP contribution in [0.25, 0.3) is 0 Å². The third kappa shape index (κ3) is 3.52. The van der Waals surface area contributed by atoms with Crippen LogP contribution >= 0.6 is 11.8 Å². The molecule has 0 N–H and O–H groups in total. The van der Waals surface area contributed by atoms with Crippen LogP contribution in [0.3, 0.4) is 0 Å². The maximum absolute atomic E-state index is 2.54. The molecule has 1 aliphatic rings.